The number of ether oxygens (including phenoxy) is 2. The number of rotatable bonds is 3. The highest BCUT2D eigenvalue weighted by molar-refractivity contribution is 6.09. The van der Waals surface area contributed by atoms with Gasteiger partial charge in [0, 0.05) is 0 Å². The highest BCUT2D eigenvalue weighted by Crippen LogP contribution is 2.23. The summed E-state index contributed by atoms with van der Waals surface area (Å²) in [5, 5.41) is 8.48. The van der Waals surface area contributed by atoms with Crippen LogP contribution in [0.4, 0.5) is 0 Å². The summed E-state index contributed by atoms with van der Waals surface area (Å²) in [7, 11) is 2.93. The molecule has 0 heterocycles. The lowest BCUT2D eigenvalue weighted by Gasteiger charge is -2.06. The zero-order valence-corrected chi connectivity index (χ0v) is 7.90. The smallest absolute Gasteiger partial charge is 0.266 e. The fraction of sp³-hybridized carbons (Fsp3) is 0.200. The molecule has 0 bridgehead atoms. The maximum atomic E-state index is 11.2. The SMILES string of the molecule is COc1ccc(OC)c(C(=O)C#N)c1. The Labute approximate surface area is 81.7 Å². The van der Waals surface area contributed by atoms with Gasteiger partial charge in [-0.1, -0.05) is 0 Å². The van der Waals surface area contributed by atoms with Gasteiger partial charge in [-0.3, -0.25) is 4.79 Å². The molecule has 0 fully saturated rings. The van der Waals surface area contributed by atoms with E-state index in [0.717, 1.165) is 0 Å². The van der Waals surface area contributed by atoms with Crippen molar-refractivity contribution in [2.45, 2.75) is 0 Å². The van der Waals surface area contributed by atoms with Crippen molar-refractivity contribution in [3.63, 3.8) is 0 Å². The average molecular weight is 191 g/mol. The van der Waals surface area contributed by atoms with E-state index in [4.69, 9.17) is 14.7 Å². The number of carbonyl (C=O) groups excluding carboxylic acids is 1. The molecule has 0 radical (unpaired) electrons. The molecule has 0 aliphatic carbocycles. The first-order valence-corrected chi connectivity index (χ1v) is 3.89. The topological polar surface area (TPSA) is 59.3 Å². The molecule has 0 N–H and O–H groups in total. The number of hydrogen-bond donors (Lipinski definition) is 0. The van der Waals surface area contributed by atoms with Gasteiger partial charge in [0.05, 0.1) is 19.8 Å². The second-order valence-electron chi connectivity index (χ2n) is 2.51. The van der Waals surface area contributed by atoms with E-state index in [1.807, 2.05) is 0 Å². The molecule has 72 valence electrons. The third-order valence-electron chi connectivity index (χ3n) is 1.75. The predicted octanol–water partition coefficient (Wildman–Crippen LogP) is 1.41. The van der Waals surface area contributed by atoms with E-state index in [9.17, 15) is 4.79 Å². The average Bonchev–Trinajstić information content (AvgIpc) is 2.27. The molecule has 4 heteroatoms. The Morgan fingerprint density at radius 2 is 2.07 bits per heavy atom. The van der Waals surface area contributed by atoms with E-state index >= 15 is 0 Å². The highest BCUT2D eigenvalue weighted by Gasteiger charge is 2.12. The Balaban J connectivity index is 3.23. The zero-order valence-electron chi connectivity index (χ0n) is 7.90. The van der Waals surface area contributed by atoms with Gasteiger partial charge in [0.25, 0.3) is 5.78 Å². The van der Waals surface area contributed by atoms with Crippen LogP contribution in [0, 0.1) is 11.3 Å². The van der Waals surface area contributed by atoms with E-state index in [-0.39, 0.29) is 5.56 Å². The van der Waals surface area contributed by atoms with Crippen LogP contribution in [0.2, 0.25) is 0 Å². The molecule has 4 nitrogen and oxygen atoms in total. The van der Waals surface area contributed by atoms with Crippen LogP contribution in [0.25, 0.3) is 0 Å². The highest BCUT2D eigenvalue weighted by atomic mass is 16.5. The van der Waals surface area contributed by atoms with Crippen LogP contribution in [-0.2, 0) is 0 Å². The summed E-state index contributed by atoms with van der Waals surface area (Å²) in [6.07, 6.45) is 0. The molecule has 0 saturated heterocycles. The largest absolute Gasteiger partial charge is 0.497 e. The van der Waals surface area contributed by atoms with E-state index in [1.165, 1.54) is 26.4 Å². The Morgan fingerprint density at radius 1 is 1.36 bits per heavy atom. The Kier molecular flexibility index (Phi) is 3.08. The van der Waals surface area contributed by atoms with Crippen molar-refractivity contribution in [1.29, 1.82) is 5.26 Å². The van der Waals surface area contributed by atoms with Crippen molar-refractivity contribution >= 4 is 5.78 Å². The third kappa shape index (κ3) is 1.83. The molecule has 0 aromatic heterocycles. The van der Waals surface area contributed by atoms with Gasteiger partial charge in [0.1, 0.15) is 17.6 Å². The first-order valence-electron chi connectivity index (χ1n) is 3.89. The van der Waals surface area contributed by atoms with Crippen LogP contribution in [0.5, 0.6) is 11.5 Å². The van der Waals surface area contributed by atoms with E-state index < -0.39 is 5.78 Å². The minimum absolute atomic E-state index is 0.217. The molecule has 0 unspecified atom stereocenters. The van der Waals surface area contributed by atoms with Crippen molar-refractivity contribution in [2.75, 3.05) is 14.2 Å². The zero-order chi connectivity index (χ0) is 10.6. The summed E-state index contributed by atoms with van der Waals surface area (Å²) in [6, 6.07) is 6.26. The molecule has 0 aliphatic rings. The molecule has 0 aliphatic heterocycles. The first kappa shape index (κ1) is 10.1. The number of hydrogen-bond acceptors (Lipinski definition) is 4. The quantitative estimate of drug-likeness (QED) is 0.535. The van der Waals surface area contributed by atoms with E-state index in [2.05, 4.69) is 0 Å². The summed E-state index contributed by atoms with van der Waals surface area (Å²) < 4.78 is 9.87. The lowest BCUT2D eigenvalue weighted by atomic mass is 10.1. The van der Waals surface area contributed by atoms with Crippen LogP contribution in [-0.4, -0.2) is 20.0 Å². The molecule has 0 saturated carbocycles. The standard InChI is InChI=1S/C10H9NO3/c1-13-7-3-4-10(14-2)8(5-7)9(12)6-11/h3-5H,1-2H3. The minimum Gasteiger partial charge on any atom is -0.497 e. The van der Waals surface area contributed by atoms with E-state index in [0.29, 0.717) is 11.5 Å². The number of benzene rings is 1. The summed E-state index contributed by atoms with van der Waals surface area (Å²) in [6.45, 7) is 0. The number of Topliss-reactive ketones (excluding diaryl/α,β-unsaturated/α-hetero) is 1. The second kappa shape index (κ2) is 4.28. The Bertz CT molecular complexity index is 393. The Morgan fingerprint density at radius 3 is 2.57 bits per heavy atom. The fourth-order valence-corrected chi connectivity index (χ4v) is 1.05. The molecule has 0 atom stereocenters. The maximum Gasteiger partial charge on any atom is 0.266 e. The van der Waals surface area contributed by atoms with Crippen molar-refractivity contribution in [2.24, 2.45) is 0 Å². The van der Waals surface area contributed by atoms with Crippen LogP contribution < -0.4 is 9.47 Å². The van der Waals surface area contributed by atoms with Gasteiger partial charge in [-0.05, 0) is 18.2 Å². The number of nitriles is 1. The number of ketones is 1. The molecular weight excluding hydrogens is 182 g/mol. The second-order valence-corrected chi connectivity index (χ2v) is 2.51. The summed E-state index contributed by atoms with van der Waals surface area (Å²) >= 11 is 0. The van der Waals surface area contributed by atoms with Crippen LogP contribution in [0.15, 0.2) is 18.2 Å². The Hall–Kier alpha value is -2.02. The molecular formula is C10H9NO3. The normalized spacial score (nSPS) is 8.93. The van der Waals surface area contributed by atoms with Gasteiger partial charge >= 0.3 is 0 Å². The van der Waals surface area contributed by atoms with Crippen LogP contribution >= 0.6 is 0 Å². The molecule has 14 heavy (non-hydrogen) atoms. The monoisotopic (exact) mass is 191 g/mol. The number of methoxy groups -OCH3 is 2. The summed E-state index contributed by atoms with van der Waals surface area (Å²) in [5.74, 6) is 0.252. The van der Waals surface area contributed by atoms with Crippen molar-refractivity contribution in [3.05, 3.63) is 23.8 Å². The van der Waals surface area contributed by atoms with Crippen molar-refractivity contribution in [1.82, 2.24) is 0 Å². The van der Waals surface area contributed by atoms with Gasteiger partial charge in [-0.15, -0.1) is 0 Å². The van der Waals surface area contributed by atoms with E-state index in [1.54, 1.807) is 12.1 Å². The van der Waals surface area contributed by atoms with Crippen molar-refractivity contribution < 1.29 is 14.3 Å². The molecule has 0 amide bonds. The lowest BCUT2D eigenvalue weighted by Crippen LogP contribution is -1.99. The molecule has 1 aromatic carbocycles. The van der Waals surface area contributed by atoms with Crippen LogP contribution in [0.1, 0.15) is 10.4 Å². The molecule has 1 rings (SSSR count). The first-order chi connectivity index (χ1) is 6.72. The predicted molar refractivity (Wildman–Crippen MR) is 49.5 cm³/mol. The van der Waals surface area contributed by atoms with Crippen LogP contribution in [0.3, 0.4) is 0 Å². The number of carbonyl (C=O) groups is 1. The van der Waals surface area contributed by atoms with Gasteiger partial charge in [0.2, 0.25) is 0 Å². The van der Waals surface area contributed by atoms with Gasteiger partial charge in [0.15, 0.2) is 0 Å². The summed E-state index contributed by atoms with van der Waals surface area (Å²) in [5.41, 5.74) is 0.217. The van der Waals surface area contributed by atoms with Gasteiger partial charge in [-0.25, -0.2) is 0 Å². The number of nitrogens with zero attached hydrogens (tertiary/aromatic N) is 1. The third-order valence-corrected chi connectivity index (χ3v) is 1.75. The fourth-order valence-electron chi connectivity index (χ4n) is 1.05. The lowest BCUT2D eigenvalue weighted by molar-refractivity contribution is 0.105. The molecule has 0 spiro atoms. The summed E-state index contributed by atoms with van der Waals surface area (Å²) in [4.78, 5) is 11.2. The molecule has 1 aromatic rings. The van der Waals surface area contributed by atoms with Gasteiger partial charge < -0.3 is 9.47 Å². The minimum atomic E-state index is -0.638. The van der Waals surface area contributed by atoms with Gasteiger partial charge in [-0.2, -0.15) is 5.26 Å². The van der Waals surface area contributed by atoms with Crippen molar-refractivity contribution in [3.8, 4) is 17.6 Å². The maximum absolute atomic E-state index is 11.2.